The number of hydrogen-bond acceptors (Lipinski definition) is 3. The minimum absolute atomic E-state index is 0.380. The molecular weight excluding hydrogens is 288 g/mol. The Morgan fingerprint density at radius 2 is 2.00 bits per heavy atom. The fraction of sp³-hybridized carbons (Fsp3) is 0.333. The van der Waals surface area contributed by atoms with Crippen molar-refractivity contribution in [2.24, 2.45) is 0 Å². The number of thioether (sulfide) groups is 1. The summed E-state index contributed by atoms with van der Waals surface area (Å²) in [6, 6.07) is 5.12. The van der Waals surface area contributed by atoms with Crippen LogP contribution in [-0.4, -0.2) is 35.2 Å². The number of amides is 2. The van der Waals surface area contributed by atoms with Gasteiger partial charge in [-0.1, -0.05) is 11.6 Å². The highest BCUT2D eigenvalue weighted by atomic mass is 35.5. The number of carboxylic acids is 1. The average Bonchev–Trinajstić information content (AvgIpc) is 2.37. The maximum absolute atomic E-state index is 11.7. The van der Waals surface area contributed by atoms with Gasteiger partial charge in [-0.3, -0.25) is 0 Å². The second kappa shape index (κ2) is 7.91. The normalized spacial score (nSPS) is 11.7. The first-order valence-corrected chi connectivity index (χ1v) is 7.35. The molecule has 0 bridgehead atoms. The lowest BCUT2D eigenvalue weighted by Gasteiger charge is -2.14. The van der Waals surface area contributed by atoms with Crippen molar-refractivity contribution >= 4 is 41.1 Å². The summed E-state index contributed by atoms with van der Waals surface area (Å²) in [7, 11) is 0. The smallest absolute Gasteiger partial charge is 0.326 e. The van der Waals surface area contributed by atoms with Gasteiger partial charge in [0.25, 0.3) is 0 Å². The fourth-order valence-electron chi connectivity index (χ4n) is 1.35. The van der Waals surface area contributed by atoms with Gasteiger partial charge in [-0.05, 0) is 42.7 Å². The molecule has 2 amide bonds. The highest BCUT2D eigenvalue weighted by Crippen LogP contribution is 2.13. The van der Waals surface area contributed by atoms with Gasteiger partial charge in [0.05, 0.1) is 0 Å². The van der Waals surface area contributed by atoms with E-state index < -0.39 is 18.0 Å². The van der Waals surface area contributed by atoms with E-state index in [0.717, 1.165) is 0 Å². The zero-order valence-electron chi connectivity index (χ0n) is 10.4. The predicted octanol–water partition coefficient (Wildman–Crippen LogP) is 2.67. The highest BCUT2D eigenvalue weighted by Gasteiger charge is 2.19. The quantitative estimate of drug-likeness (QED) is 0.755. The van der Waals surface area contributed by atoms with E-state index in [0.29, 0.717) is 22.9 Å². The summed E-state index contributed by atoms with van der Waals surface area (Å²) in [5.74, 6) is -0.377. The summed E-state index contributed by atoms with van der Waals surface area (Å²) in [6.07, 6.45) is 2.26. The Kier molecular flexibility index (Phi) is 6.52. The van der Waals surface area contributed by atoms with Crippen molar-refractivity contribution < 1.29 is 14.7 Å². The number of hydrogen-bond donors (Lipinski definition) is 3. The molecule has 0 saturated carbocycles. The summed E-state index contributed by atoms with van der Waals surface area (Å²) in [5, 5.41) is 14.5. The summed E-state index contributed by atoms with van der Waals surface area (Å²) >= 11 is 7.25. The number of aliphatic carboxylic acids is 1. The monoisotopic (exact) mass is 302 g/mol. The maximum Gasteiger partial charge on any atom is 0.326 e. The molecule has 0 fully saturated rings. The van der Waals surface area contributed by atoms with Crippen LogP contribution in [0.3, 0.4) is 0 Å². The third-order valence-electron chi connectivity index (χ3n) is 2.32. The van der Waals surface area contributed by atoms with E-state index in [-0.39, 0.29) is 0 Å². The molecule has 1 atom stereocenters. The number of anilines is 1. The van der Waals surface area contributed by atoms with Crippen molar-refractivity contribution in [3.63, 3.8) is 0 Å². The van der Waals surface area contributed by atoms with Crippen molar-refractivity contribution in [2.45, 2.75) is 12.5 Å². The first kappa shape index (κ1) is 15.7. The standard InChI is InChI=1S/C12H15ClN2O3S/c1-19-7-6-10(11(16)17)15-12(18)14-9-4-2-8(13)3-5-9/h2-5,10H,6-7H2,1H3,(H,16,17)(H2,14,15,18). The number of benzene rings is 1. The molecule has 1 aromatic rings. The van der Waals surface area contributed by atoms with Crippen LogP contribution in [0.5, 0.6) is 0 Å². The Labute approximate surface area is 120 Å². The van der Waals surface area contributed by atoms with Crippen LogP contribution in [0.1, 0.15) is 6.42 Å². The van der Waals surface area contributed by atoms with Gasteiger partial charge in [0.1, 0.15) is 6.04 Å². The van der Waals surface area contributed by atoms with E-state index >= 15 is 0 Å². The molecule has 104 valence electrons. The van der Waals surface area contributed by atoms with Gasteiger partial charge in [0, 0.05) is 10.7 Å². The zero-order chi connectivity index (χ0) is 14.3. The Balaban J connectivity index is 2.52. The van der Waals surface area contributed by atoms with Gasteiger partial charge >= 0.3 is 12.0 Å². The summed E-state index contributed by atoms with van der Waals surface area (Å²) in [6.45, 7) is 0. The highest BCUT2D eigenvalue weighted by molar-refractivity contribution is 7.98. The van der Waals surface area contributed by atoms with Gasteiger partial charge in [0.2, 0.25) is 0 Å². The van der Waals surface area contributed by atoms with Crippen LogP contribution in [0.4, 0.5) is 10.5 Å². The molecule has 0 aliphatic carbocycles. The molecule has 0 aromatic heterocycles. The van der Waals surface area contributed by atoms with Crippen molar-refractivity contribution in [3.05, 3.63) is 29.3 Å². The first-order chi connectivity index (χ1) is 9.02. The number of halogens is 1. The topological polar surface area (TPSA) is 78.4 Å². The lowest BCUT2D eigenvalue weighted by molar-refractivity contribution is -0.139. The molecule has 5 nitrogen and oxygen atoms in total. The van der Waals surface area contributed by atoms with Gasteiger partial charge in [-0.2, -0.15) is 11.8 Å². The molecule has 3 N–H and O–H groups in total. The van der Waals surface area contributed by atoms with E-state index in [2.05, 4.69) is 10.6 Å². The average molecular weight is 303 g/mol. The minimum Gasteiger partial charge on any atom is -0.480 e. The first-order valence-electron chi connectivity index (χ1n) is 5.57. The summed E-state index contributed by atoms with van der Waals surface area (Å²) in [5.41, 5.74) is 0.552. The van der Waals surface area contributed by atoms with Crippen LogP contribution in [0, 0.1) is 0 Å². The third kappa shape index (κ3) is 5.85. The Bertz CT molecular complexity index is 439. The molecule has 0 saturated heterocycles. The Morgan fingerprint density at radius 1 is 1.37 bits per heavy atom. The molecule has 0 spiro atoms. The van der Waals surface area contributed by atoms with Crippen molar-refractivity contribution in [1.29, 1.82) is 0 Å². The van der Waals surface area contributed by atoms with Gasteiger partial charge in [-0.25, -0.2) is 9.59 Å². The van der Waals surface area contributed by atoms with E-state index in [9.17, 15) is 9.59 Å². The third-order valence-corrected chi connectivity index (χ3v) is 3.21. The SMILES string of the molecule is CSCCC(NC(=O)Nc1ccc(Cl)cc1)C(=O)O. The molecule has 0 heterocycles. The van der Waals surface area contributed by atoms with E-state index in [1.165, 1.54) is 11.8 Å². The maximum atomic E-state index is 11.7. The molecule has 7 heteroatoms. The number of rotatable bonds is 6. The summed E-state index contributed by atoms with van der Waals surface area (Å²) < 4.78 is 0. The van der Waals surface area contributed by atoms with Crippen LogP contribution in [0.25, 0.3) is 0 Å². The molecular formula is C12H15ClN2O3S. The molecule has 1 unspecified atom stereocenters. The van der Waals surface area contributed by atoms with E-state index in [1.807, 2.05) is 6.26 Å². The van der Waals surface area contributed by atoms with Gasteiger partial charge < -0.3 is 15.7 Å². The van der Waals surface area contributed by atoms with E-state index in [1.54, 1.807) is 24.3 Å². The predicted molar refractivity (Wildman–Crippen MR) is 78.0 cm³/mol. The van der Waals surface area contributed by atoms with Crippen LogP contribution in [0.2, 0.25) is 5.02 Å². The minimum atomic E-state index is -1.04. The number of carbonyl (C=O) groups excluding carboxylic acids is 1. The molecule has 0 aliphatic rings. The second-order valence-corrected chi connectivity index (χ2v) is 5.20. The Hall–Kier alpha value is -1.40. The molecule has 0 aliphatic heterocycles. The van der Waals surface area contributed by atoms with Crippen LogP contribution in [0.15, 0.2) is 24.3 Å². The number of carboxylic acid groups (broad SMARTS) is 1. The van der Waals surface area contributed by atoms with Crippen molar-refractivity contribution in [3.8, 4) is 0 Å². The second-order valence-electron chi connectivity index (χ2n) is 3.78. The number of carbonyl (C=O) groups is 2. The lowest BCUT2D eigenvalue weighted by atomic mass is 10.2. The Morgan fingerprint density at radius 3 is 2.53 bits per heavy atom. The largest absolute Gasteiger partial charge is 0.480 e. The van der Waals surface area contributed by atoms with Crippen LogP contribution in [-0.2, 0) is 4.79 Å². The van der Waals surface area contributed by atoms with Crippen molar-refractivity contribution in [2.75, 3.05) is 17.3 Å². The van der Waals surface area contributed by atoms with Gasteiger partial charge in [0.15, 0.2) is 0 Å². The van der Waals surface area contributed by atoms with Crippen molar-refractivity contribution in [1.82, 2.24) is 5.32 Å². The van der Waals surface area contributed by atoms with Gasteiger partial charge in [-0.15, -0.1) is 0 Å². The van der Waals surface area contributed by atoms with E-state index in [4.69, 9.17) is 16.7 Å². The molecule has 19 heavy (non-hydrogen) atoms. The lowest BCUT2D eigenvalue weighted by Crippen LogP contribution is -2.43. The van der Waals surface area contributed by atoms with Crippen LogP contribution >= 0.6 is 23.4 Å². The molecule has 0 radical (unpaired) electrons. The molecule has 1 rings (SSSR count). The summed E-state index contributed by atoms with van der Waals surface area (Å²) in [4.78, 5) is 22.6. The fourth-order valence-corrected chi connectivity index (χ4v) is 1.95. The van der Waals surface area contributed by atoms with Crippen LogP contribution < -0.4 is 10.6 Å². The molecule has 1 aromatic carbocycles. The number of nitrogens with one attached hydrogen (secondary N) is 2. The zero-order valence-corrected chi connectivity index (χ0v) is 11.9. The number of urea groups is 1.